The largest absolute Gasteiger partial charge is 0.115 e. The Morgan fingerprint density at radius 3 is 2.47 bits per heavy atom. The summed E-state index contributed by atoms with van der Waals surface area (Å²) in [6.45, 7) is 7.01. The summed E-state index contributed by atoms with van der Waals surface area (Å²) in [5, 5.41) is 0. The van der Waals surface area contributed by atoms with Crippen molar-refractivity contribution in [2.24, 2.45) is 11.3 Å². The molecule has 2 bridgehead atoms. The van der Waals surface area contributed by atoms with Gasteiger partial charge in [-0.2, -0.15) is 0 Å². The van der Waals surface area contributed by atoms with Gasteiger partial charge in [-0.25, -0.2) is 0 Å². The number of terminal acetylenes is 1. The standard InChI is InChI=1S/C15H20.2CH4/c1-5-13-7-6-9-15(11(2)3)10-8-14(13)12(15)4;;/h1,7,11H,6,8-10H2,2-4H3;2*1H4. The first-order valence-corrected chi connectivity index (χ1v) is 5.99. The Hall–Kier alpha value is -0.960. The normalized spacial score (nSPS) is 26.6. The molecule has 0 nitrogen and oxygen atoms in total. The van der Waals surface area contributed by atoms with E-state index in [1.807, 2.05) is 0 Å². The monoisotopic (exact) mass is 232 g/mol. The molecule has 0 radical (unpaired) electrons. The average molecular weight is 232 g/mol. The minimum absolute atomic E-state index is 0. The second-order valence-electron chi connectivity index (χ2n) is 5.22. The van der Waals surface area contributed by atoms with Crippen LogP contribution in [0.25, 0.3) is 0 Å². The molecule has 0 aromatic heterocycles. The van der Waals surface area contributed by atoms with Gasteiger partial charge in [0.25, 0.3) is 0 Å². The van der Waals surface area contributed by atoms with Crippen LogP contribution in [-0.4, -0.2) is 0 Å². The van der Waals surface area contributed by atoms with E-state index >= 15 is 0 Å². The summed E-state index contributed by atoms with van der Waals surface area (Å²) in [4.78, 5) is 0. The number of fused-ring (bicyclic) bond motifs is 1. The van der Waals surface area contributed by atoms with E-state index in [1.165, 1.54) is 30.4 Å². The molecular formula is C17H28. The van der Waals surface area contributed by atoms with Gasteiger partial charge in [0.2, 0.25) is 0 Å². The summed E-state index contributed by atoms with van der Waals surface area (Å²) in [7, 11) is 0. The summed E-state index contributed by atoms with van der Waals surface area (Å²) in [6.07, 6.45) is 12.8. The molecule has 1 unspecified atom stereocenters. The van der Waals surface area contributed by atoms with Gasteiger partial charge in [0.1, 0.15) is 0 Å². The van der Waals surface area contributed by atoms with Crippen molar-refractivity contribution in [3.8, 4) is 12.3 Å². The quantitative estimate of drug-likeness (QED) is 0.533. The maximum atomic E-state index is 5.59. The highest BCUT2D eigenvalue weighted by Gasteiger charge is 2.41. The SMILES string of the molecule is C.C.C#CC1=CCCC2(C(C)C)CCC1=C2C. The van der Waals surface area contributed by atoms with E-state index in [1.54, 1.807) is 5.57 Å². The number of hydrogen-bond acceptors (Lipinski definition) is 0. The topological polar surface area (TPSA) is 0 Å². The second kappa shape index (κ2) is 5.58. The Bertz CT molecular complexity index is 373. The van der Waals surface area contributed by atoms with Crippen LogP contribution in [0.4, 0.5) is 0 Å². The summed E-state index contributed by atoms with van der Waals surface area (Å²) in [6, 6.07) is 0. The van der Waals surface area contributed by atoms with Crippen LogP contribution in [0, 0.1) is 23.7 Å². The van der Waals surface area contributed by atoms with Crippen LogP contribution in [0.1, 0.15) is 61.3 Å². The van der Waals surface area contributed by atoms with Crippen molar-refractivity contribution in [2.45, 2.75) is 61.3 Å². The van der Waals surface area contributed by atoms with Gasteiger partial charge in [0.05, 0.1) is 0 Å². The third-order valence-electron chi connectivity index (χ3n) is 4.55. The zero-order valence-corrected chi connectivity index (χ0v) is 10.1. The van der Waals surface area contributed by atoms with Crippen molar-refractivity contribution in [1.29, 1.82) is 0 Å². The molecule has 0 spiro atoms. The van der Waals surface area contributed by atoms with Gasteiger partial charge in [-0.15, -0.1) is 6.42 Å². The van der Waals surface area contributed by atoms with Crippen LogP contribution in [0.15, 0.2) is 22.8 Å². The van der Waals surface area contributed by atoms with Gasteiger partial charge in [0, 0.05) is 5.57 Å². The summed E-state index contributed by atoms with van der Waals surface area (Å²) in [5.41, 5.74) is 4.68. The summed E-state index contributed by atoms with van der Waals surface area (Å²) >= 11 is 0. The van der Waals surface area contributed by atoms with Crippen molar-refractivity contribution in [2.75, 3.05) is 0 Å². The van der Waals surface area contributed by atoms with Crippen molar-refractivity contribution in [1.82, 2.24) is 0 Å². The zero-order chi connectivity index (χ0) is 11.1. The van der Waals surface area contributed by atoms with E-state index in [4.69, 9.17) is 6.42 Å². The zero-order valence-electron chi connectivity index (χ0n) is 10.1. The molecule has 0 heteroatoms. The molecule has 0 aliphatic heterocycles. The first-order chi connectivity index (χ1) is 7.12. The fourth-order valence-corrected chi connectivity index (χ4v) is 3.43. The van der Waals surface area contributed by atoms with Gasteiger partial charge in [-0.05, 0) is 49.5 Å². The lowest BCUT2D eigenvalue weighted by atomic mass is 9.69. The van der Waals surface area contributed by atoms with Gasteiger partial charge in [0.15, 0.2) is 0 Å². The maximum absolute atomic E-state index is 5.59. The third-order valence-corrected chi connectivity index (χ3v) is 4.55. The van der Waals surface area contributed by atoms with Crippen LogP contribution in [0.2, 0.25) is 0 Å². The molecule has 2 rings (SSSR count). The van der Waals surface area contributed by atoms with Gasteiger partial charge in [-0.3, -0.25) is 0 Å². The average Bonchev–Trinajstić information content (AvgIpc) is 2.41. The summed E-state index contributed by atoms with van der Waals surface area (Å²) in [5.74, 6) is 3.60. The molecule has 0 aromatic rings. The lowest BCUT2D eigenvalue weighted by Gasteiger charge is -2.35. The molecule has 2 aliphatic carbocycles. The van der Waals surface area contributed by atoms with Gasteiger partial charge in [-0.1, -0.05) is 46.3 Å². The predicted octanol–water partition coefficient (Wildman–Crippen LogP) is 5.36. The fraction of sp³-hybridized carbons (Fsp3) is 0.647. The lowest BCUT2D eigenvalue weighted by Crippen LogP contribution is -2.25. The van der Waals surface area contributed by atoms with Crippen LogP contribution in [-0.2, 0) is 0 Å². The molecule has 0 saturated heterocycles. The molecule has 0 amide bonds. The number of hydrogen-bond donors (Lipinski definition) is 0. The number of allylic oxidation sites excluding steroid dienone is 4. The molecule has 1 atom stereocenters. The minimum Gasteiger partial charge on any atom is -0.115 e. The van der Waals surface area contributed by atoms with Crippen molar-refractivity contribution < 1.29 is 0 Å². The van der Waals surface area contributed by atoms with E-state index in [0.717, 1.165) is 12.3 Å². The Morgan fingerprint density at radius 1 is 1.29 bits per heavy atom. The molecule has 0 N–H and O–H groups in total. The molecule has 96 valence electrons. The van der Waals surface area contributed by atoms with E-state index < -0.39 is 0 Å². The first-order valence-electron chi connectivity index (χ1n) is 5.99. The minimum atomic E-state index is 0. The van der Waals surface area contributed by atoms with E-state index in [0.29, 0.717) is 5.41 Å². The van der Waals surface area contributed by atoms with E-state index in [-0.39, 0.29) is 14.9 Å². The Balaban J connectivity index is 0.00000128. The first kappa shape index (κ1) is 16.0. The van der Waals surface area contributed by atoms with Gasteiger partial charge < -0.3 is 0 Å². The highest BCUT2D eigenvalue weighted by molar-refractivity contribution is 5.51. The Kier molecular flexibility index (Phi) is 5.27. The smallest absolute Gasteiger partial charge is 0.0234 e. The highest BCUT2D eigenvalue weighted by Crippen LogP contribution is 2.54. The molecule has 0 aromatic carbocycles. The second-order valence-corrected chi connectivity index (χ2v) is 5.22. The lowest BCUT2D eigenvalue weighted by molar-refractivity contribution is 0.225. The number of rotatable bonds is 1. The van der Waals surface area contributed by atoms with Crippen LogP contribution in [0.3, 0.4) is 0 Å². The molecule has 0 fully saturated rings. The predicted molar refractivity (Wildman–Crippen MR) is 78.8 cm³/mol. The van der Waals surface area contributed by atoms with Crippen molar-refractivity contribution in [3.63, 3.8) is 0 Å². The third kappa shape index (κ3) is 2.21. The highest BCUT2D eigenvalue weighted by atomic mass is 14.5. The molecule has 0 heterocycles. The maximum Gasteiger partial charge on any atom is 0.0234 e. The summed E-state index contributed by atoms with van der Waals surface area (Å²) < 4.78 is 0. The van der Waals surface area contributed by atoms with Gasteiger partial charge >= 0.3 is 0 Å². The Morgan fingerprint density at radius 2 is 1.94 bits per heavy atom. The van der Waals surface area contributed by atoms with E-state index in [9.17, 15) is 0 Å². The van der Waals surface area contributed by atoms with Crippen molar-refractivity contribution in [3.05, 3.63) is 22.8 Å². The van der Waals surface area contributed by atoms with Crippen LogP contribution in [0.5, 0.6) is 0 Å². The molecule has 2 aliphatic rings. The fourth-order valence-electron chi connectivity index (χ4n) is 3.43. The van der Waals surface area contributed by atoms with Crippen molar-refractivity contribution >= 4 is 0 Å². The molecular weight excluding hydrogens is 204 g/mol. The Labute approximate surface area is 108 Å². The molecule has 17 heavy (non-hydrogen) atoms. The van der Waals surface area contributed by atoms with Crippen LogP contribution < -0.4 is 0 Å². The molecule has 0 saturated carbocycles. The van der Waals surface area contributed by atoms with E-state index in [2.05, 4.69) is 32.8 Å². The van der Waals surface area contributed by atoms with Crippen LogP contribution >= 0.6 is 0 Å².